The van der Waals surface area contributed by atoms with E-state index in [1.165, 1.54) is 6.42 Å². The summed E-state index contributed by atoms with van der Waals surface area (Å²) < 4.78 is 0. The molecule has 4 unspecified atom stereocenters. The highest BCUT2D eigenvalue weighted by Gasteiger charge is 2.49. The fourth-order valence-corrected chi connectivity index (χ4v) is 4.34. The molecule has 0 saturated heterocycles. The van der Waals surface area contributed by atoms with Gasteiger partial charge in [0.05, 0.1) is 6.10 Å². The number of nitrogens with two attached hydrogens (primary N) is 1. The van der Waals surface area contributed by atoms with E-state index >= 15 is 0 Å². The molecule has 1 aromatic rings. The van der Waals surface area contributed by atoms with Crippen molar-refractivity contribution in [1.82, 2.24) is 0 Å². The lowest BCUT2D eigenvalue weighted by Gasteiger charge is -2.29. The Morgan fingerprint density at radius 3 is 2.26 bits per heavy atom. The molecule has 0 amide bonds. The van der Waals surface area contributed by atoms with Crippen LogP contribution in [0.4, 0.5) is 0 Å². The molecule has 0 radical (unpaired) electrons. The second-order valence-corrected chi connectivity index (χ2v) is 6.77. The number of rotatable bonds is 4. The number of hydrogen-bond acceptors (Lipinski definition) is 2. The molecule has 4 atom stereocenters. The summed E-state index contributed by atoms with van der Waals surface area (Å²) in [4.78, 5) is 0. The monoisotopic (exact) mass is 299 g/mol. The van der Waals surface area contributed by atoms with Gasteiger partial charge in [0.1, 0.15) is 0 Å². The molecule has 0 aliphatic heterocycles. The van der Waals surface area contributed by atoms with Crippen LogP contribution in [-0.2, 0) is 0 Å². The minimum absolute atomic E-state index is 0.163. The molecule has 1 aromatic carbocycles. The molecule has 0 aromatic heterocycles. The van der Waals surface area contributed by atoms with Crippen molar-refractivity contribution in [3.05, 3.63) is 33.8 Å². The van der Waals surface area contributed by atoms with Gasteiger partial charge in [0.25, 0.3) is 0 Å². The standard InChI is InChI=1S/C15H19Cl2NO/c16-12-2-1-3-13(17)14(12)11(7-18)15(19)10-5-8-4-9(8)6-10/h1-3,8-11,15,19H,4-7,18H2. The third-order valence-corrected chi connectivity index (χ3v) is 5.46. The maximum absolute atomic E-state index is 10.7. The number of aliphatic hydroxyl groups is 1. The van der Waals surface area contributed by atoms with Crippen molar-refractivity contribution in [2.75, 3.05) is 6.54 Å². The van der Waals surface area contributed by atoms with E-state index in [4.69, 9.17) is 28.9 Å². The molecule has 2 aliphatic carbocycles. The van der Waals surface area contributed by atoms with Crippen molar-refractivity contribution in [1.29, 1.82) is 0 Å². The first-order valence-corrected chi connectivity index (χ1v) is 7.69. The van der Waals surface area contributed by atoms with Gasteiger partial charge in [0, 0.05) is 22.5 Å². The van der Waals surface area contributed by atoms with Crippen LogP contribution < -0.4 is 5.73 Å². The molecule has 2 fully saturated rings. The van der Waals surface area contributed by atoms with E-state index < -0.39 is 6.10 Å². The van der Waals surface area contributed by atoms with Gasteiger partial charge in [-0.25, -0.2) is 0 Å². The van der Waals surface area contributed by atoms with Gasteiger partial charge in [0.15, 0.2) is 0 Å². The zero-order valence-electron chi connectivity index (χ0n) is 10.7. The van der Waals surface area contributed by atoms with Gasteiger partial charge in [-0.1, -0.05) is 29.3 Å². The van der Waals surface area contributed by atoms with Gasteiger partial charge in [-0.2, -0.15) is 0 Å². The average Bonchev–Trinajstić information content (AvgIpc) is 3.00. The van der Waals surface area contributed by atoms with Gasteiger partial charge in [0.2, 0.25) is 0 Å². The largest absolute Gasteiger partial charge is 0.392 e. The van der Waals surface area contributed by atoms with E-state index in [2.05, 4.69) is 0 Å². The van der Waals surface area contributed by atoms with Crippen LogP contribution in [0.25, 0.3) is 0 Å². The molecule has 2 saturated carbocycles. The van der Waals surface area contributed by atoms with Crippen LogP contribution in [0, 0.1) is 17.8 Å². The Kier molecular flexibility index (Phi) is 3.78. The van der Waals surface area contributed by atoms with Crippen molar-refractivity contribution < 1.29 is 5.11 Å². The molecule has 3 N–H and O–H groups in total. The Balaban J connectivity index is 1.83. The number of benzene rings is 1. The van der Waals surface area contributed by atoms with Gasteiger partial charge >= 0.3 is 0 Å². The predicted octanol–water partition coefficient (Wildman–Crippen LogP) is 3.44. The van der Waals surface area contributed by atoms with Crippen LogP contribution in [0.3, 0.4) is 0 Å². The van der Waals surface area contributed by atoms with E-state index in [9.17, 15) is 5.11 Å². The van der Waals surface area contributed by atoms with E-state index in [1.54, 1.807) is 0 Å². The first kappa shape index (κ1) is 13.7. The van der Waals surface area contributed by atoms with Crippen molar-refractivity contribution >= 4 is 23.2 Å². The number of aliphatic hydroxyl groups excluding tert-OH is 1. The zero-order chi connectivity index (χ0) is 13.6. The number of halogens is 2. The fraction of sp³-hybridized carbons (Fsp3) is 0.600. The Morgan fingerprint density at radius 2 is 1.74 bits per heavy atom. The summed E-state index contributed by atoms with van der Waals surface area (Å²) in [5, 5.41) is 11.9. The molecule has 3 rings (SSSR count). The van der Waals surface area contributed by atoms with Crippen LogP contribution in [0.5, 0.6) is 0 Å². The summed E-state index contributed by atoms with van der Waals surface area (Å²) in [6.45, 7) is 0.371. The Bertz CT molecular complexity index is 449. The van der Waals surface area contributed by atoms with Crippen molar-refractivity contribution in [3.63, 3.8) is 0 Å². The minimum Gasteiger partial charge on any atom is -0.392 e. The lowest BCUT2D eigenvalue weighted by Crippen LogP contribution is -2.32. The molecular weight excluding hydrogens is 281 g/mol. The van der Waals surface area contributed by atoms with E-state index in [-0.39, 0.29) is 5.92 Å². The van der Waals surface area contributed by atoms with Crippen LogP contribution in [0.1, 0.15) is 30.7 Å². The third-order valence-electron chi connectivity index (χ3n) is 4.80. The lowest BCUT2D eigenvalue weighted by atomic mass is 9.83. The van der Waals surface area contributed by atoms with E-state index in [0.29, 0.717) is 22.5 Å². The summed E-state index contributed by atoms with van der Waals surface area (Å²) in [6, 6.07) is 5.44. The van der Waals surface area contributed by atoms with Crippen molar-refractivity contribution in [2.24, 2.45) is 23.5 Å². The van der Waals surface area contributed by atoms with Gasteiger partial charge < -0.3 is 10.8 Å². The van der Waals surface area contributed by atoms with E-state index in [0.717, 1.165) is 30.2 Å². The van der Waals surface area contributed by atoms with Crippen LogP contribution in [0.15, 0.2) is 18.2 Å². The maximum Gasteiger partial charge on any atom is 0.0650 e. The van der Waals surface area contributed by atoms with Crippen molar-refractivity contribution in [3.8, 4) is 0 Å². The van der Waals surface area contributed by atoms with Gasteiger partial charge in [-0.3, -0.25) is 0 Å². The summed E-state index contributed by atoms with van der Waals surface area (Å²) in [5.74, 6) is 1.88. The fourth-order valence-electron chi connectivity index (χ4n) is 3.66. The first-order chi connectivity index (χ1) is 9.11. The van der Waals surface area contributed by atoms with E-state index in [1.807, 2.05) is 18.2 Å². The topological polar surface area (TPSA) is 46.2 Å². The van der Waals surface area contributed by atoms with Crippen LogP contribution >= 0.6 is 23.2 Å². The molecule has 104 valence electrons. The predicted molar refractivity (Wildman–Crippen MR) is 78.6 cm³/mol. The average molecular weight is 300 g/mol. The Labute approximate surface area is 123 Å². The first-order valence-electron chi connectivity index (χ1n) is 6.93. The third kappa shape index (κ3) is 2.52. The zero-order valence-corrected chi connectivity index (χ0v) is 12.2. The molecule has 4 heteroatoms. The molecule has 0 bridgehead atoms. The van der Waals surface area contributed by atoms with Crippen molar-refractivity contribution in [2.45, 2.75) is 31.3 Å². The number of fused-ring (bicyclic) bond motifs is 1. The quantitative estimate of drug-likeness (QED) is 0.894. The lowest BCUT2D eigenvalue weighted by molar-refractivity contribution is 0.0790. The smallest absolute Gasteiger partial charge is 0.0650 e. The highest BCUT2D eigenvalue weighted by atomic mass is 35.5. The highest BCUT2D eigenvalue weighted by molar-refractivity contribution is 6.36. The highest BCUT2D eigenvalue weighted by Crippen LogP contribution is 2.56. The minimum atomic E-state index is -0.435. The molecule has 2 nitrogen and oxygen atoms in total. The second kappa shape index (κ2) is 5.25. The molecule has 0 heterocycles. The molecular formula is C15H19Cl2NO. The summed E-state index contributed by atoms with van der Waals surface area (Å²) in [7, 11) is 0. The molecule has 19 heavy (non-hydrogen) atoms. The SMILES string of the molecule is NCC(c1c(Cl)cccc1Cl)C(O)C1CC2CC2C1. The second-order valence-electron chi connectivity index (χ2n) is 5.96. The normalized spacial score (nSPS) is 31.9. The van der Waals surface area contributed by atoms with Crippen LogP contribution in [-0.4, -0.2) is 17.8 Å². The Morgan fingerprint density at radius 1 is 1.16 bits per heavy atom. The van der Waals surface area contributed by atoms with Gasteiger partial charge in [-0.05, 0) is 54.7 Å². The summed E-state index contributed by atoms with van der Waals surface area (Å²) in [6.07, 6.45) is 3.17. The maximum atomic E-state index is 10.7. The van der Waals surface area contributed by atoms with Crippen LogP contribution in [0.2, 0.25) is 10.0 Å². The Hall–Kier alpha value is -0.280. The molecule has 2 aliphatic rings. The summed E-state index contributed by atoms with van der Waals surface area (Å²) in [5.41, 5.74) is 6.69. The number of hydrogen-bond donors (Lipinski definition) is 2. The molecule has 0 spiro atoms. The van der Waals surface area contributed by atoms with Gasteiger partial charge in [-0.15, -0.1) is 0 Å². The summed E-state index contributed by atoms with van der Waals surface area (Å²) >= 11 is 12.5.